The van der Waals surface area contributed by atoms with E-state index < -0.39 is 28.5 Å². The minimum atomic E-state index is -0.755. The van der Waals surface area contributed by atoms with Crippen LogP contribution in [0.5, 0.6) is 0 Å². The highest BCUT2D eigenvalue weighted by Gasteiger charge is 2.37. The minimum Gasteiger partial charge on any atom is -0.457 e. The molecule has 0 aromatic heterocycles. The van der Waals surface area contributed by atoms with E-state index in [0.29, 0.717) is 5.56 Å². The molecule has 0 saturated heterocycles. The summed E-state index contributed by atoms with van der Waals surface area (Å²) in [5.74, 6) is -2.48. The number of halogens is 1. The van der Waals surface area contributed by atoms with Gasteiger partial charge in [-0.25, -0.2) is 14.1 Å². The molecule has 4 rings (SSSR count). The zero-order valence-electron chi connectivity index (χ0n) is 15.8. The zero-order chi connectivity index (χ0) is 22.1. The van der Waals surface area contributed by atoms with E-state index in [9.17, 15) is 28.9 Å². The van der Waals surface area contributed by atoms with Crippen molar-refractivity contribution in [3.63, 3.8) is 0 Å². The van der Waals surface area contributed by atoms with Crippen LogP contribution in [-0.4, -0.2) is 22.7 Å². The first-order valence-corrected chi connectivity index (χ1v) is 9.04. The van der Waals surface area contributed by atoms with Crippen LogP contribution in [0.15, 0.2) is 66.7 Å². The number of nitro groups is 1. The number of amides is 2. The van der Waals surface area contributed by atoms with Crippen molar-refractivity contribution in [2.45, 2.75) is 6.61 Å². The Balaban J connectivity index is 1.53. The number of ether oxygens (including phenoxy) is 1. The van der Waals surface area contributed by atoms with Crippen LogP contribution in [-0.2, 0) is 11.3 Å². The maximum absolute atomic E-state index is 13.2. The molecule has 0 unspecified atom stereocenters. The van der Waals surface area contributed by atoms with Crippen LogP contribution < -0.4 is 4.90 Å². The van der Waals surface area contributed by atoms with Gasteiger partial charge in [-0.2, -0.15) is 0 Å². The van der Waals surface area contributed by atoms with Gasteiger partial charge in [0.2, 0.25) is 0 Å². The van der Waals surface area contributed by atoms with E-state index in [1.807, 2.05) is 0 Å². The maximum Gasteiger partial charge on any atom is 0.338 e. The number of anilines is 1. The lowest BCUT2D eigenvalue weighted by molar-refractivity contribution is -0.384. The SMILES string of the molecule is O=C(OCc1cccc([N+](=O)[O-])c1)c1ccc2c(c1)C(=O)N(c1ccc(F)cc1)C2=O. The number of hydrogen-bond donors (Lipinski definition) is 0. The molecule has 8 nitrogen and oxygen atoms in total. The monoisotopic (exact) mass is 420 g/mol. The van der Waals surface area contributed by atoms with Crippen LogP contribution in [0, 0.1) is 15.9 Å². The lowest BCUT2D eigenvalue weighted by Crippen LogP contribution is -2.29. The van der Waals surface area contributed by atoms with Crippen LogP contribution in [0.25, 0.3) is 0 Å². The molecule has 2 amide bonds. The topological polar surface area (TPSA) is 107 Å². The second-order valence-corrected chi connectivity index (χ2v) is 6.69. The Bertz CT molecular complexity index is 1240. The van der Waals surface area contributed by atoms with Crippen LogP contribution in [0.3, 0.4) is 0 Å². The van der Waals surface area contributed by atoms with Crippen LogP contribution >= 0.6 is 0 Å². The molecule has 0 bridgehead atoms. The molecule has 154 valence electrons. The number of non-ortho nitro benzene ring substituents is 1. The fourth-order valence-corrected chi connectivity index (χ4v) is 3.18. The smallest absolute Gasteiger partial charge is 0.338 e. The first-order valence-electron chi connectivity index (χ1n) is 9.04. The predicted octanol–water partition coefficient (Wildman–Crippen LogP) is 3.89. The molecule has 3 aromatic rings. The zero-order valence-corrected chi connectivity index (χ0v) is 15.8. The normalized spacial score (nSPS) is 12.6. The Labute approximate surface area is 174 Å². The number of benzene rings is 3. The second-order valence-electron chi connectivity index (χ2n) is 6.69. The Kier molecular flexibility index (Phi) is 5.00. The summed E-state index contributed by atoms with van der Waals surface area (Å²) < 4.78 is 18.3. The molecule has 0 atom stereocenters. The average Bonchev–Trinajstić information content (AvgIpc) is 3.02. The standard InChI is InChI=1S/C22H13FN2O6/c23-15-5-7-16(8-6-15)24-20(26)18-9-4-14(11-19(18)21(24)27)22(28)31-12-13-2-1-3-17(10-13)25(29)30/h1-11H,12H2. The van der Waals surface area contributed by atoms with Gasteiger partial charge in [0, 0.05) is 12.1 Å². The molecule has 1 aliphatic heterocycles. The van der Waals surface area contributed by atoms with Crippen molar-refractivity contribution >= 4 is 29.2 Å². The van der Waals surface area contributed by atoms with E-state index in [1.54, 1.807) is 6.07 Å². The number of hydrogen-bond acceptors (Lipinski definition) is 6. The number of carbonyl (C=O) groups excluding carboxylic acids is 3. The van der Waals surface area contributed by atoms with Gasteiger partial charge < -0.3 is 4.74 Å². The van der Waals surface area contributed by atoms with Crippen molar-refractivity contribution in [1.29, 1.82) is 0 Å². The lowest BCUT2D eigenvalue weighted by Gasteiger charge is -2.13. The second kappa shape index (κ2) is 7.79. The minimum absolute atomic E-state index is 0.0270. The molecule has 9 heteroatoms. The quantitative estimate of drug-likeness (QED) is 0.268. The Morgan fingerprint density at radius 2 is 1.68 bits per heavy atom. The third kappa shape index (κ3) is 3.76. The van der Waals surface area contributed by atoms with Gasteiger partial charge in [-0.15, -0.1) is 0 Å². The van der Waals surface area contributed by atoms with Gasteiger partial charge in [-0.3, -0.25) is 19.7 Å². The molecule has 0 N–H and O–H groups in total. The summed E-state index contributed by atoms with van der Waals surface area (Å²) in [7, 11) is 0. The fourth-order valence-electron chi connectivity index (χ4n) is 3.18. The first-order chi connectivity index (χ1) is 14.8. The van der Waals surface area contributed by atoms with Crippen molar-refractivity contribution in [3.8, 4) is 0 Å². The third-order valence-electron chi connectivity index (χ3n) is 4.70. The molecule has 0 saturated carbocycles. The summed E-state index contributed by atoms with van der Waals surface area (Å²) in [6, 6.07) is 14.5. The molecule has 31 heavy (non-hydrogen) atoms. The van der Waals surface area contributed by atoms with Crippen LogP contribution in [0.2, 0.25) is 0 Å². The number of imide groups is 1. The van der Waals surface area contributed by atoms with E-state index >= 15 is 0 Å². The molecular formula is C22H13FN2O6. The van der Waals surface area contributed by atoms with Gasteiger partial charge in [0.25, 0.3) is 17.5 Å². The number of carbonyl (C=O) groups is 3. The van der Waals surface area contributed by atoms with Crippen molar-refractivity contribution in [3.05, 3.63) is 105 Å². The van der Waals surface area contributed by atoms with Crippen LogP contribution in [0.1, 0.15) is 36.6 Å². The van der Waals surface area contributed by atoms with Crippen molar-refractivity contribution in [2.75, 3.05) is 4.90 Å². The summed E-state index contributed by atoms with van der Waals surface area (Å²) in [5.41, 5.74) is 0.700. The molecular weight excluding hydrogens is 407 g/mol. The van der Waals surface area contributed by atoms with E-state index in [-0.39, 0.29) is 34.7 Å². The first kappa shape index (κ1) is 19.9. The number of rotatable bonds is 5. The molecule has 0 fully saturated rings. The highest BCUT2D eigenvalue weighted by molar-refractivity contribution is 6.34. The Morgan fingerprint density at radius 1 is 0.968 bits per heavy atom. The van der Waals surface area contributed by atoms with Gasteiger partial charge in [-0.1, -0.05) is 12.1 Å². The van der Waals surface area contributed by atoms with Gasteiger partial charge in [0.05, 0.1) is 27.3 Å². The average molecular weight is 420 g/mol. The van der Waals surface area contributed by atoms with Gasteiger partial charge >= 0.3 is 5.97 Å². The number of nitrogens with zero attached hydrogens (tertiary/aromatic N) is 2. The number of nitro benzene ring substituents is 1. The van der Waals surface area contributed by atoms with E-state index in [1.165, 1.54) is 48.5 Å². The Hall–Kier alpha value is -4.40. The fraction of sp³-hybridized carbons (Fsp3) is 0.0455. The maximum atomic E-state index is 13.2. The van der Waals surface area contributed by atoms with E-state index in [4.69, 9.17) is 4.74 Å². The third-order valence-corrected chi connectivity index (χ3v) is 4.70. The summed E-state index contributed by atoms with van der Waals surface area (Å²) in [5, 5.41) is 10.8. The van der Waals surface area contributed by atoms with E-state index in [2.05, 4.69) is 0 Å². The lowest BCUT2D eigenvalue weighted by atomic mass is 10.1. The molecule has 1 heterocycles. The Morgan fingerprint density at radius 3 is 2.39 bits per heavy atom. The van der Waals surface area contributed by atoms with Gasteiger partial charge in [0.15, 0.2) is 0 Å². The molecule has 0 radical (unpaired) electrons. The highest BCUT2D eigenvalue weighted by atomic mass is 19.1. The largest absolute Gasteiger partial charge is 0.457 e. The van der Waals surface area contributed by atoms with Crippen LogP contribution in [0.4, 0.5) is 15.8 Å². The number of esters is 1. The van der Waals surface area contributed by atoms with Gasteiger partial charge in [0.1, 0.15) is 12.4 Å². The van der Waals surface area contributed by atoms with Crippen molar-refractivity contribution in [1.82, 2.24) is 0 Å². The summed E-state index contributed by atoms with van der Waals surface area (Å²) in [4.78, 5) is 49.0. The van der Waals surface area contributed by atoms with Gasteiger partial charge in [-0.05, 0) is 48.0 Å². The summed E-state index contributed by atoms with van der Waals surface area (Å²) in [6.45, 7) is -0.202. The van der Waals surface area contributed by atoms with Crippen molar-refractivity contribution < 1.29 is 28.4 Å². The number of fused-ring (bicyclic) bond motifs is 1. The summed E-state index contributed by atoms with van der Waals surface area (Å²) >= 11 is 0. The van der Waals surface area contributed by atoms with E-state index in [0.717, 1.165) is 17.0 Å². The molecule has 0 spiro atoms. The highest BCUT2D eigenvalue weighted by Crippen LogP contribution is 2.29. The van der Waals surface area contributed by atoms with Crippen molar-refractivity contribution in [2.24, 2.45) is 0 Å². The molecule has 1 aliphatic rings. The predicted molar refractivity (Wildman–Crippen MR) is 106 cm³/mol. The summed E-state index contributed by atoms with van der Waals surface area (Å²) in [6.07, 6.45) is 0. The molecule has 0 aliphatic carbocycles. The molecule has 3 aromatic carbocycles.